The summed E-state index contributed by atoms with van der Waals surface area (Å²) in [7, 11) is 1.45. The molecule has 0 radical (unpaired) electrons. The number of hydrogen-bond acceptors (Lipinski definition) is 11. The minimum absolute atomic E-state index is 0.198. The van der Waals surface area contributed by atoms with Gasteiger partial charge in [0.25, 0.3) is 0 Å². The van der Waals surface area contributed by atoms with E-state index in [1.165, 1.54) is 25.4 Å². The molecule has 5 N–H and O–H groups in total. The minimum atomic E-state index is -0.710. The van der Waals surface area contributed by atoms with E-state index >= 15 is 0 Å². The monoisotopic (exact) mass is 605 g/mol. The average molecular weight is 606 g/mol. The van der Waals surface area contributed by atoms with Crippen LogP contribution in [0, 0.1) is 10.1 Å². The van der Waals surface area contributed by atoms with Crippen LogP contribution in [0.25, 0.3) is 11.3 Å². The number of halogens is 2. The van der Waals surface area contributed by atoms with Crippen LogP contribution in [-0.4, -0.2) is 69.1 Å². The predicted molar refractivity (Wildman–Crippen MR) is 157 cm³/mol. The zero-order valence-corrected chi connectivity index (χ0v) is 24.2. The Morgan fingerprint density at radius 3 is 2.46 bits per heavy atom. The van der Waals surface area contributed by atoms with E-state index in [2.05, 4.69) is 30.9 Å². The average Bonchev–Trinajstić information content (AvgIpc) is 2.86. The molecule has 0 aliphatic heterocycles. The molecule has 2 aromatic heterocycles. The number of benzene rings is 1. The van der Waals surface area contributed by atoms with Crippen molar-refractivity contribution in [2.75, 3.05) is 48.4 Å². The van der Waals surface area contributed by atoms with E-state index in [0.717, 1.165) is 4.90 Å². The number of amides is 2. The molecule has 0 bridgehead atoms. The van der Waals surface area contributed by atoms with Crippen molar-refractivity contribution in [3.63, 3.8) is 0 Å². The summed E-state index contributed by atoms with van der Waals surface area (Å²) in [5, 5.41) is 20.4. The Morgan fingerprint density at radius 1 is 1.12 bits per heavy atom. The number of nitrogens with one attached hydrogen (secondary N) is 3. The van der Waals surface area contributed by atoms with E-state index in [1.54, 1.807) is 39.0 Å². The summed E-state index contributed by atoms with van der Waals surface area (Å²) in [4.78, 5) is 49.2. The largest absolute Gasteiger partial charge is 0.444 e. The summed E-state index contributed by atoms with van der Waals surface area (Å²) in [6.07, 6.45) is 0.761. The van der Waals surface area contributed by atoms with Crippen molar-refractivity contribution in [3.05, 3.63) is 56.7 Å². The molecular weight excluding hydrogens is 577 g/mol. The third-order valence-electron chi connectivity index (χ3n) is 5.15. The Hall–Kier alpha value is -4.43. The Morgan fingerprint density at radius 2 is 1.83 bits per heavy atom. The Labute approximate surface area is 245 Å². The maximum atomic E-state index is 12.8. The Bertz CT molecular complexity index is 1450. The molecule has 0 aliphatic rings. The van der Waals surface area contributed by atoms with Crippen molar-refractivity contribution in [2.45, 2.75) is 26.4 Å². The number of nitrogens with two attached hydrogens (primary N) is 1. The van der Waals surface area contributed by atoms with Crippen molar-refractivity contribution < 1.29 is 19.2 Å². The van der Waals surface area contributed by atoms with Gasteiger partial charge in [0, 0.05) is 36.8 Å². The number of ether oxygens (including phenoxy) is 1. The Balaban J connectivity index is 1.73. The summed E-state index contributed by atoms with van der Waals surface area (Å²) >= 11 is 12.5. The summed E-state index contributed by atoms with van der Waals surface area (Å²) in [6, 6.07) is 7.55. The number of nitrogens with zero attached hydrogens (tertiary/aromatic N) is 5. The van der Waals surface area contributed by atoms with Crippen LogP contribution in [-0.2, 0) is 9.53 Å². The number of anilines is 4. The van der Waals surface area contributed by atoms with Crippen LogP contribution < -0.4 is 21.7 Å². The van der Waals surface area contributed by atoms with Gasteiger partial charge in [0.15, 0.2) is 0 Å². The van der Waals surface area contributed by atoms with Crippen molar-refractivity contribution in [2.24, 2.45) is 0 Å². The van der Waals surface area contributed by atoms with E-state index in [0.29, 0.717) is 40.2 Å². The molecule has 3 rings (SSSR count). The number of aromatic nitrogens is 3. The van der Waals surface area contributed by atoms with Crippen molar-refractivity contribution in [1.29, 1.82) is 0 Å². The van der Waals surface area contributed by atoms with Crippen molar-refractivity contribution in [1.82, 2.24) is 19.9 Å². The van der Waals surface area contributed by atoms with Crippen LogP contribution in [0.5, 0.6) is 0 Å². The predicted octanol–water partition coefficient (Wildman–Crippen LogP) is 4.67. The molecule has 2 amide bonds. The zero-order chi connectivity index (χ0) is 30.3. The molecule has 0 aliphatic carbocycles. The molecule has 16 heteroatoms. The number of nitrogen functional groups attached to an aromatic ring is 1. The molecule has 0 atom stereocenters. The van der Waals surface area contributed by atoms with Gasteiger partial charge in [-0.2, -0.15) is 0 Å². The van der Waals surface area contributed by atoms with E-state index in [9.17, 15) is 19.7 Å². The van der Waals surface area contributed by atoms with Crippen LogP contribution in [0.4, 0.5) is 33.8 Å². The van der Waals surface area contributed by atoms with E-state index in [1.807, 2.05) is 0 Å². The van der Waals surface area contributed by atoms with Gasteiger partial charge in [-0.25, -0.2) is 19.7 Å². The molecular formula is C25H29Cl2N9O5. The van der Waals surface area contributed by atoms with E-state index in [-0.39, 0.29) is 29.7 Å². The van der Waals surface area contributed by atoms with Gasteiger partial charge >= 0.3 is 11.8 Å². The molecule has 3 aromatic rings. The maximum absolute atomic E-state index is 12.8. The standard InChI is InChI=1S/C25H29Cl2N9O5/c1-25(2,3)41-24(38)35(4)13-20(37)32-17-12-31-23(34-21(17)15-6-5-14(26)11-16(15)27)30-10-9-29-19-8-7-18(36(39)40)22(28)33-19/h5-8,11-12H,9-10,13H2,1-4H3,(H,32,37)(H3,28,29,33)(H,30,31,34). The number of nitro groups is 1. The Kier molecular flexibility index (Phi) is 10.1. The molecule has 41 heavy (non-hydrogen) atoms. The molecule has 0 saturated heterocycles. The van der Waals surface area contributed by atoms with Crippen LogP contribution >= 0.6 is 23.2 Å². The summed E-state index contributed by atoms with van der Waals surface area (Å²) in [5.74, 6) is -0.115. The zero-order valence-electron chi connectivity index (χ0n) is 22.7. The molecule has 14 nitrogen and oxygen atoms in total. The van der Waals surface area contributed by atoms with Crippen LogP contribution in [0.3, 0.4) is 0 Å². The SMILES string of the molecule is CN(CC(=O)Nc1cnc(NCCNc2ccc([N+](=O)[O-])c(N)n2)nc1-c1ccc(Cl)cc1Cl)C(=O)OC(C)(C)C. The molecule has 0 fully saturated rings. The first-order chi connectivity index (χ1) is 19.2. The quantitative estimate of drug-likeness (QED) is 0.143. The van der Waals surface area contributed by atoms with Gasteiger partial charge in [0.2, 0.25) is 17.7 Å². The second-order valence-corrected chi connectivity index (χ2v) is 10.5. The second-order valence-electron chi connectivity index (χ2n) is 9.68. The third kappa shape index (κ3) is 9.05. The number of carbonyl (C=O) groups excluding carboxylic acids is 2. The number of pyridine rings is 1. The lowest BCUT2D eigenvalue weighted by Crippen LogP contribution is -2.38. The first-order valence-electron chi connectivity index (χ1n) is 12.2. The lowest BCUT2D eigenvalue weighted by molar-refractivity contribution is -0.384. The summed E-state index contributed by atoms with van der Waals surface area (Å²) in [5.41, 5.74) is 5.69. The minimum Gasteiger partial charge on any atom is -0.444 e. The molecule has 2 heterocycles. The highest BCUT2D eigenvalue weighted by atomic mass is 35.5. The van der Waals surface area contributed by atoms with Crippen LogP contribution in [0.2, 0.25) is 10.0 Å². The number of carbonyl (C=O) groups is 2. The fraction of sp³-hybridized carbons (Fsp3) is 0.320. The highest BCUT2D eigenvalue weighted by Crippen LogP contribution is 2.34. The molecule has 0 unspecified atom stereocenters. The first-order valence-corrected chi connectivity index (χ1v) is 12.9. The van der Waals surface area contributed by atoms with Gasteiger partial charge in [0.1, 0.15) is 23.7 Å². The summed E-state index contributed by atoms with van der Waals surface area (Å²) < 4.78 is 5.28. The van der Waals surface area contributed by atoms with Gasteiger partial charge < -0.3 is 31.3 Å². The maximum Gasteiger partial charge on any atom is 0.410 e. The second kappa shape index (κ2) is 13.3. The topological polar surface area (TPSA) is 191 Å². The lowest BCUT2D eigenvalue weighted by Gasteiger charge is -2.24. The van der Waals surface area contributed by atoms with Crippen molar-refractivity contribution in [3.8, 4) is 11.3 Å². The number of rotatable bonds is 10. The fourth-order valence-corrected chi connectivity index (χ4v) is 3.84. The normalized spacial score (nSPS) is 11.0. The molecule has 1 aromatic carbocycles. The van der Waals surface area contributed by atoms with Gasteiger partial charge in [-0.05, 0) is 45.0 Å². The lowest BCUT2D eigenvalue weighted by atomic mass is 10.1. The molecule has 0 saturated carbocycles. The van der Waals surface area contributed by atoms with E-state index in [4.69, 9.17) is 33.7 Å². The highest BCUT2D eigenvalue weighted by molar-refractivity contribution is 6.36. The molecule has 0 spiro atoms. The van der Waals surface area contributed by atoms with Crippen LogP contribution in [0.1, 0.15) is 20.8 Å². The summed E-state index contributed by atoms with van der Waals surface area (Å²) in [6.45, 7) is 5.58. The number of hydrogen-bond donors (Lipinski definition) is 4. The van der Waals surface area contributed by atoms with Crippen LogP contribution in [0.15, 0.2) is 36.5 Å². The third-order valence-corrected chi connectivity index (χ3v) is 5.70. The first kappa shape index (κ1) is 31.1. The molecule has 218 valence electrons. The highest BCUT2D eigenvalue weighted by Gasteiger charge is 2.22. The van der Waals surface area contributed by atoms with Gasteiger partial charge in [-0.3, -0.25) is 14.9 Å². The van der Waals surface area contributed by atoms with E-state index < -0.39 is 22.5 Å². The smallest absolute Gasteiger partial charge is 0.410 e. The number of likely N-dealkylation sites (N-methyl/N-ethyl adjacent to an activating group) is 1. The van der Waals surface area contributed by atoms with Gasteiger partial charge in [0.05, 0.1) is 21.8 Å². The van der Waals surface area contributed by atoms with Gasteiger partial charge in [-0.1, -0.05) is 23.2 Å². The fourth-order valence-electron chi connectivity index (χ4n) is 3.34. The van der Waals surface area contributed by atoms with Gasteiger partial charge in [-0.15, -0.1) is 0 Å². The van der Waals surface area contributed by atoms with Crippen molar-refractivity contribution >= 4 is 64.2 Å².